The lowest BCUT2D eigenvalue weighted by molar-refractivity contribution is -0.159. The lowest BCUT2D eigenvalue weighted by Crippen LogP contribution is -2.72. The lowest BCUT2D eigenvalue weighted by Gasteiger charge is -2.59. The lowest BCUT2D eigenvalue weighted by atomic mass is 9.73. The Kier molecular flexibility index (Phi) is 3.12. The summed E-state index contributed by atoms with van der Waals surface area (Å²) in [4.78, 5) is 21.3. The maximum absolute atomic E-state index is 12.6. The maximum atomic E-state index is 12.6. The first-order valence-corrected chi connectivity index (χ1v) is 7.42. The Bertz CT molecular complexity index is 508. The summed E-state index contributed by atoms with van der Waals surface area (Å²) in [6, 6.07) is -0.148. The van der Waals surface area contributed by atoms with Crippen molar-refractivity contribution in [1.82, 2.24) is 19.4 Å². The minimum Gasteiger partial charge on any atom is -0.339 e. The molecule has 1 unspecified atom stereocenters. The Balaban J connectivity index is 1.65. The fraction of sp³-hybridized carbons (Fsp3) is 0.733. The van der Waals surface area contributed by atoms with Crippen molar-refractivity contribution < 1.29 is 4.79 Å². The third-order valence-electron chi connectivity index (χ3n) is 4.56. The Morgan fingerprint density at radius 2 is 1.90 bits per heavy atom. The Morgan fingerprint density at radius 1 is 1.25 bits per heavy atom. The summed E-state index contributed by atoms with van der Waals surface area (Å²) < 4.78 is 2.02. The van der Waals surface area contributed by atoms with Crippen molar-refractivity contribution in [2.75, 3.05) is 33.2 Å². The smallest absolute Gasteiger partial charge is 0.245 e. The number of imidazole rings is 1. The molecule has 0 bridgehead atoms. The average Bonchev–Trinajstić information content (AvgIpc) is 2.79. The van der Waals surface area contributed by atoms with Crippen LogP contribution in [-0.2, 0) is 4.79 Å². The number of hydrogen-bond donors (Lipinski definition) is 0. The highest BCUT2D eigenvalue weighted by Gasteiger charge is 2.52. The van der Waals surface area contributed by atoms with Crippen LogP contribution in [-0.4, -0.2) is 58.5 Å². The molecule has 5 heteroatoms. The van der Waals surface area contributed by atoms with E-state index in [1.165, 1.54) is 0 Å². The molecule has 0 radical (unpaired) electrons. The van der Waals surface area contributed by atoms with E-state index in [4.69, 9.17) is 0 Å². The van der Waals surface area contributed by atoms with Gasteiger partial charge in [0, 0.05) is 49.9 Å². The number of hydrogen-bond acceptors (Lipinski definition) is 3. The van der Waals surface area contributed by atoms with Gasteiger partial charge in [0.05, 0.1) is 0 Å². The summed E-state index contributed by atoms with van der Waals surface area (Å²) in [5.41, 5.74) is 0.403. The van der Waals surface area contributed by atoms with E-state index < -0.39 is 0 Å². The summed E-state index contributed by atoms with van der Waals surface area (Å²) in [5, 5.41) is 0. The predicted molar refractivity (Wildman–Crippen MR) is 77.5 cm³/mol. The molecule has 5 nitrogen and oxygen atoms in total. The van der Waals surface area contributed by atoms with Crippen molar-refractivity contribution in [2.45, 2.75) is 32.7 Å². The van der Waals surface area contributed by atoms with Crippen LogP contribution in [0, 0.1) is 5.41 Å². The van der Waals surface area contributed by atoms with E-state index in [1.807, 2.05) is 22.6 Å². The molecular formula is C15H24N4O. The van der Waals surface area contributed by atoms with Crippen LogP contribution in [0.1, 0.15) is 38.6 Å². The van der Waals surface area contributed by atoms with Crippen molar-refractivity contribution in [2.24, 2.45) is 5.41 Å². The van der Waals surface area contributed by atoms with E-state index in [2.05, 4.69) is 30.8 Å². The summed E-state index contributed by atoms with van der Waals surface area (Å²) in [6.45, 7) is 10.3. The molecule has 1 spiro atoms. The van der Waals surface area contributed by atoms with Gasteiger partial charge in [-0.2, -0.15) is 0 Å². The van der Waals surface area contributed by atoms with Gasteiger partial charge in [-0.05, 0) is 14.0 Å². The predicted octanol–water partition coefficient (Wildman–Crippen LogP) is 1.34. The Labute approximate surface area is 120 Å². The number of carbonyl (C=O) groups is 1. The summed E-state index contributed by atoms with van der Waals surface area (Å²) >= 11 is 0. The maximum Gasteiger partial charge on any atom is 0.245 e. The molecule has 0 saturated carbocycles. The molecule has 1 amide bonds. The minimum absolute atomic E-state index is 0.148. The average molecular weight is 276 g/mol. The van der Waals surface area contributed by atoms with Crippen molar-refractivity contribution in [3.63, 3.8) is 0 Å². The molecule has 2 aliphatic rings. The van der Waals surface area contributed by atoms with Crippen molar-refractivity contribution >= 4 is 5.91 Å². The molecule has 1 aromatic heterocycles. The highest BCUT2D eigenvalue weighted by atomic mass is 16.2. The second-order valence-electron chi connectivity index (χ2n) is 6.89. The minimum atomic E-state index is -0.148. The number of likely N-dealkylation sites (tertiary alicyclic amines) is 2. The second-order valence-corrected chi connectivity index (χ2v) is 6.89. The topological polar surface area (TPSA) is 41.4 Å². The van der Waals surface area contributed by atoms with Crippen LogP contribution < -0.4 is 0 Å². The van der Waals surface area contributed by atoms with E-state index in [-0.39, 0.29) is 11.9 Å². The quantitative estimate of drug-likeness (QED) is 0.836. The number of carbonyl (C=O) groups excluding carboxylic acids is 1. The van der Waals surface area contributed by atoms with Gasteiger partial charge in [0.25, 0.3) is 0 Å². The Hall–Kier alpha value is -1.36. The zero-order chi connectivity index (χ0) is 14.5. The zero-order valence-corrected chi connectivity index (χ0v) is 12.8. The van der Waals surface area contributed by atoms with Crippen molar-refractivity contribution in [3.05, 3.63) is 18.2 Å². The SMILES string of the molecule is CC(C)c1nccn1C(C)C(=O)N1CC2(CN(C)C2)C1. The monoisotopic (exact) mass is 276 g/mol. The van der Waals surface area contributed by atoms with E-state index in [9.17, 15) is 4.79 Å². The fourth-order valence-electron chi connectivity index (χ4n) is 3.70. The highest BCUT2D eigenvalue weighted by Crippen LogP contribution is 2.39. The van der Waals surface area contributed by atoms with Crippen LogP contribution in [0.4, 0.5) is 0 Å². The van der Waals surface area contributed by atoms with Crippen molar-refractivity contribution in [1.29, 1.82) is 0 Å². The van der Waals surface area contributed by atoms with Gasteiger partial charge < -0.3 is 14.4 Å². The first kappa shape index (κ1) is 13.6. The zero-order valence-electron chi connectivity index (χ0n) is 12.8. The number of aromatic nitrogens is 2. The molecule has 0 aromatic carbocycles. The van der Waals surface area contributed by atoms with Gasteiger partial charge in [0.1, 0.15) is 11.9 Å². The molecule has 1 aromatic rings. The van der Waals surface area contributed by atoms with Crippen LogP contribution in [0.3, 0.4) is 0 Å². The van der Waals surface area contributed by atoms with Gasteiger partial charge in [-0.3, -0.25) is 4.79 Å². The fourth-order valence-corrected chi connectivity index (χ4v) is 3.70. The summed E-state index contributed by atoms with van der Waals surface area (Å²) in [7, 11) is 2.14. The molecule has 2 aliphatic heterocycles. The largest absolute Gasteiger partial charge is 0.339 e. The molecule has 3 rings (SSSR count). The van der Waals surface area contributed by atoms with E-state index >= 15 is 0 Å². The van der Waals surface area contributed by atoms with Crippen LogP contribution in [0.5, 0.6) is 0 Å². The second kappa shape index (κ2) is 4.58. The van der Waals surface area contributed by atoms with Gasteiger partial charge >= 0.3 is 0 Å². The first-order chi connectivity index (χ1) is 9.42. The molecular weight excluding hydrogens is 252 g/mol. The van der Waals surface area contributed by atoms with E-state index in [1.54, 1.807) is 6.20 Å². The van der Waals surface area contributed by atoms with Crippen molar-refractivity contribution in [3.8, 4) is 0 Å². The number of amides is 1. The van der Waals surface area contributed by atoms with Crippen LogP contribution >= 0.6 is 0 Å². The first-order valence-electron chi connectivity index (χ1n) is 7.42. The normalized spacial score (nSPS) is 22.8. The molecule has 1 atom stereocenters. The molecule has 110 valence electrons. The standard InChI is InChI=1S/C15H24N4O/c1-11(2)13-16-5-6-19(13)12(3)14(20)18-9-15(10-18)7-17(4)8-15/h5-6,11-12H,7-10H2,1-4H3. The van der Waals surface area contributed by atoms with Gasteiger partial charge in [0.15, 0.2) is 0 Å². The van der Waals surface area contributed by atoms with Crippen LogP contribution in [0.15, 0.2) is 12.4 Å². The van der Waals surface area contributed by atoms with Gasteiger partial charge in [-0.15, -0.1) is 0 Å². The number of nitrogens with zero attached hydrogens (tertiary/aromatic N) is 4. The van der Waals surface area contributed by atoms with E-state index in [0.29, 0.717) is 11.3 Å². The molecule has 0 aliphatic carbocycles. The highest BCUT2D eigenvalue weighted by molar-refractivity contribution is 5.81. The third-order valence-corrected chi connectivity index (χ3v) is 4.56. The summed E-state index contributed by atoms with van der Waals surface area (Å²) in [6.07, 6.45) is 3.71. The van der Waals surface area contributed by atoms with Gasteiger partial charge in [0.2, 0.25) is 5.91 Å². The third kappa shape index (κ3) is 2.04. The molecule has 0 N–H and O–H groups in total. The molecule has 2 saturated heterocycles. The van der Waals surface area contributed by atoms with Gasteiger partial charge in [-0.1, -0.05) is 13.8 Å². The molecule has 3 heterocycles. The van der Waals surface area contributed by atoms with E-state index in [0.717, 1.165) is 32.0 Å². The van der Waals surface area contributed by atoms with Crippen LogP contribution in [0.25, 0.3) is 0 Å². The summed E-state index contributed by atoms with van der Waals surface area (Å²) in [5.74, 6) is 1.55. The number of rotatable bonds is 3. The van der Waals surface area contributed by atoms with Gasteiger partial charge in [-0.25, -0.2) is 4.98 Å². The molecule has 20 heavy (non-hydrogen) atoms. The molecule has 2 fully saturated rings. The Morgan fingerprint density at radius 3 is 2.45 bits per heavy atom. The van der Waals surface area contributed by atoms with Crippen LogP contribution in [0.2, 0.25) is 0 Å².